The minimum absolute atomic E-state index is 0.454. The highest BCUT2D eigenvalue weighted by molar-refractivity contribution is 5.16. The highest BCUT2D eigenvalue weighted by Gasteiger charge is 2.03. The highest BCUT2D eigenvalue weighted by atomic mass is 14.9. The van der Waals surface area contributed by atoms with Gasteiger partial charge in [0, 0.05) is 18.8 Å². The van der Waals surface area contributed by atoms with Gasteiger partial charge in [-0.3, -0.25) is 4.98 Å². The summed E-state index contributed by atoms with van der Waals surface area (Å²) in [6.45, 7) is 5.09. The Morgan fingerprint density at radius 3 is 2.56 bits per heavy atom. The van der Waals surface area contributed by atoms with Crippen LogP contribution in [0.25, 0.3) is 0 Å². The summed E-state index contributed by atoms with van der Waals surface area (Å²) >= 11 is 0. The molecule has 0 fully saturated rings. The molecule has 0 aliphatic carbocycles. The monoisotopic (exact) mass is 240 g/mol. The van der Waals surface area contributed by atoms with Gasteiger partial charge in [-0.25, -0.2) is 0 Å². The van der Waals surface area contributed by atoms with E-state index in [1.807, 2.05) is 6.20 Å². The average molecular weight is 240 g/mol. The molecule has 2 heteroatoms. The van der Waals surface area contributed by atoms with Gasteiger partial charge in [-0.15, -0.1) is 0 Å². The molecule has 2 rings (SSSR count). The van der Waals surface area contributed by atoms with Crippen molar-refractivity contribution in [3.05, 3.63) is 65.5 Å². The Kier molecular flexibility index (Phi) is 4.48. The molecule has 1 heterocycles. The van der Waals surface area contributed by atoms with Crippen molar-refractivity contribution in [2.45, 2.75) is 32.9 Å². The zero-order chi connectivity index (χ0) is 12.8. The summed E-state index contributed by atoms with van der Waals surface area (Å²) < 4.78 is 0. The van der Waals surface area contributed by atoms with Crippen LogP contribution in [0.15, 0.2) is 48.7 Å². The van der Waals surface area contributed by atoms with Crippen LogP contribution in [0.5, 0.6) is 0 Å². The molecular weight excluding hydrogens is 220 g/mol. The third-order valence-corrected chi connectivity index (χ3v) is 2.99. The Morgan fingerprint density at radius 2 is 1.89 bits per heavy atom. The first kappa shape index (κ1) is 12.8. The maximum Gasteiger partial charge on any atom is 0.0541 e. The second-order valence-electron chi connectivity index (χ2n) is 4.80. The second-order valence-corrected chi connectivity index (χ2v) is 4.80. The summed E-state index contributed by atoms with van der Waals surface area (Å²) in [6, 6.07) is 15.2. The molecule has 94 valence electrons. The van der Waals surface area contributed by atoms with Crippen molar-refractivity contribution >= 4 is 0 Å². The summed E-state index contributed by atoms with van der Waals surface area (Å²) in [5.41, 5.74) is 3.67. The van der Waals surface area contributed by atoms with Gasteiger partial charge in [0.05, 0.1) is 5.69 Å². The number of rotatable bonds is 5. The van der Waals surface area contributed by atoms with Crippen molar-refractivity contribution in [1.82, 2.24) is 10.3 Å². The molecule has 0 amide bonds. The van der Waals surface area contributed by atoms with Gasteiger partial charge in [0.2, 0.25) is 0 Å². The van der Waals surface area contributed by atoms with Crippen LogP contribution in [0.3, 0.4) is 0 Å². The molecule has 0 radical (unpaired) electrons. The van der Waals surface area contributed by atoms with E-state index in [2.05, 4.69) is 66.6 Å². The SMILES string of the molecule is Cc1ccc(CNC(C)Cc2ccccc2)nc1. The van der Waals surface area contributed by atoms with E-state index < -0.39 is 0 Å². The molecule has 1 N–H and O–H groups in total. The molecule has 1 aromatic heterocycles. The van der Waals surface area contributed by atoms with Crippen molar-refractivity contribution in [3.8, 4) is 0 Å². The maximum absolute atomic E-state index is 4.39. The zero-order valence-corrected chi connectivity index (χ0v) is 11.1. The average Bonchev–Trinajstić information content (AvgIpc) is 2.39. The van der Waals surface area contributed by atoms with Crippen LogP contribution in [0.1, 0.15) is 23.7 Å². The number of hydrogen-bond acceptors (Lipinski definition) is 2. The molecule has 1 unspecified atom stereocenters. The maximum atomic E-state index is 4.39. The quantitative estimate of drug-likeness (QED) is 0.868. The predicted octanol–water partition coefficient (Wildman–Crippen LogP) is 3.11. The third-order valence-electron chi connectivity index (χ3n) is 2.99. The number of nitrogens with one attached hydrogen (secondary N) is 1. The van der Waals surface area contributed by atoms with Gasteiger partial charge in [0.15, 0.2) is 0 Å². The smallest absolute Gasteiger partial charge is 0.0541 e. The molecule has 0 aliphatic rings. The van der Waals surface area contributed by atoms with Crippen molar-refractivity contribution in [3.63, 3.8) is 0 Å². The molecule has 1 atom stereocenters. The minimum Gasteiger partial charge on any atom is -0.308 e. The van der Waals surface area contributed by atoms with Crippen LogP contribution in [0.2, 0.25) is 0 Å². The largest absolute Gasteiger partial charge is 0.308 e. The Bertz CT molecular complexity index is 462. The Labute approximate surface area is 109 Å². The molecule has 0 aliphatic heterocycles. The van der Waals surface area contributed by atoms with E-state index in [4.69, 9.17) is 0 Å². The number of aryl methyl sites for hydroxylation is 1. The molecule has 18 heavy (non-hydrogen) atoms. The van der Waals surface area contributed by atoms with Crippen LogP contribution < -0.4 is 5.32 Å². The summed E-state index contributed by atoms with van der Waals surface area (Å²) in [4.78, 5) is 4.39. The van der Waals surface area contributed by atoms with E-state index in [1.54, 1.807) is 0 Å². The van der Waals surface area contributed by atoms with E-state index in [0.717, 1.165) is 18.7 Å². The van der Waals surface area contributed by atoms with Crippen molar-refractivity contribution in [2.75, 3.05) is 0 Å². The fourth-order valence-corrected chi connectivity index (χ4v) is 1.92. The van der Waals surface area contributed by atoms with Crippen molar-refractivity contribution in [1.29, 1.82) is 0 Å². The molecular formula is C16H20N2. The number of pyridine rings is 1. The summed E-state index contributed by atoms with van der Waals surface area (Å²) in [5.74, 6) is 0. The van der Waals surface area contributed by atoms with Gasteiger partial charge in [-0.2, -0.15) is 0 Å². The van der Waals surface area contributed by atoms with Gasteiger partial charge >= 0.3 is 0 Å². The lowest BCUT2D eigenvalue weighted by Gasteiger charge is -2.13. The molecule has 0 bridgehead atoms. The van der Waals surface area contributed by atoms with Crippen LogP contribution >= 0.6 is 0 Å². The lowest BCUT2D eigenvalue weighted by Crippen LogP contribution is -2.27. The van der Waals surface area contributed by atoms with E-state index >= 15 is 0 Å². The first-order chi connectivity index (χ1) is 8.74. The number of hydrogen-bond donors (Lipinski definition) is 1. The first-order valence-electron chi connectivity index (χ1n) is 6.43. The van der Waals surface area contributed by atoms with Gasteiger partial charge in [0.25, 0.3) is 0 Å². The van der Waals surface area contributed by atoms with E-state index in [0.29, 0.717) is 6.04 Å². The predicted molar refractivity (Wildman–Crippen MR) is 75.4 cm³/mol. The van der Waals surface area contributed by atoms with Gasteiger partial charge in [0.1, 0.15) is 0 Å². The number of aromatic nitrogens is 1. The van der Waals surface area contributed by atoms with Gasteiger partial charge in [-0.1, -0.05) is 36.4 Å². The van der Waals surface area contributed by atoms with Crippen LogP contribution in [-0.2, 0) is 13.0 Å². The summed E-state index contributed by atoms with van der Waals surface area (Å²) in [7, 11) is 0. The number of benzene rings is 1. The standard InChI is InChI=1S/C16H20N2/c1-13-8-9-16(18-11-13)12-17-14(2)10-15-6-4-3-5-7-15/h3-9,11,14,17H,10,12H2,1-2H3. The van der Waals surface area contributed by atoms with Gasteiger partial charge in [-0.05, 0) is 37.5 Å². The van der Waals surface area contributed by atoms with E-state index in [9.17, 15) is 0 Å². The fraction of sp³-hybridized carbons (Fsp3) is 0.312. The van der Waals surface area contributed by atoms with E-state index in [-0.39, 0.29) is 0 Å². The zero-order valence-electron chi connectivity index (χ0n) is 11.1. The third kappa shape index (κ3) is 3.97. The Hall–Kier alpha value is -1.67. The second kappa shape index (κ2) is 6.31. The molecule has 0 spiro atoms. The molecule has 0 saturated carbocycles. The fourth-order valence-electron chi connectivity index (χ4n) is 1.92. The molecule has 2 nitrogen and oxygen atoms in total. The summed E-state index contributed by atoms with van der Waals surface area (Å²) in [6.07, 6.45) is 2.96. The Morgan fingerprint density at radius 1 is 1.11 bits per heavy atom. The van der Waals surface area contributed by atoms with Gasteiger partial charge < -0.3 is 5.32 Å². The molecule has 2 aromatic rings. The lowest BCUT2D eigenvalue weighted by atomic mass is 10.1. The van der Waals surface area contributed by atoms with Crippen LogP contribution in [-0.4, -0.2) is 11.0 Å². The minimum atomic E-state index is 0.454. The molecule has 0 saturated heterocycles. The topological polar surface area (TPSA) is 24.9 Å². The van der Waals surface area contributed by atoms with Crippen molar-refractivity contribution in [2.24, 2.45) is 0 Å². The molecule has 1 aromatic carbocycles. The lowest BCUT2D eigenvalue weighted by molar-refractivity contribution is 0.540. The normalized spacial score (nSPS) is 12.3. The Balaban J connectivity index is 1.81. The van der Waals surface area contributed by atoms with Crippen LogP contribution in [0.4, 0.5) is 0 Å². The van der Waals surface area contributed by atoms with Crippen molar-refractivity contribution < 1.29 is 0 Å². The first-order valence-corrected chi connectivity index (χ1v) is 6.43. The number of nitrogens with zero attached hydrogens (tertiary/aromatic N) is 1. The van der Waals surface area contributed by atoms with Crippen LogP contribution in [0, 0.1) is 6.92 Å². The van der Waals surface area contributed by atoms with E-state index in [1.165, 1.54) is 11.1 Å². The summed E-state index contributed by atoms with van der Waals surface area (Å²) in [5, 5.41) is 3.50. The highest BCUT2D eigenvalue weighted by Crippen LogP contribution is 2.04.